The Morgan fingerprint density at radius 2 is 1.82 bits per heavy atom. The lowest BCUT2D eigenvalue weighted by Gasteiger charge is -2.20. The molecule has 8 heteroatoms. The second kappa shape index (κ2) is 8.33. The fourth-order valence-electron chi connectivity index (χ4n) is 2.89. The van der Waals surface area contributed by atoms with Crippen LogP contribution < -0.4 is 10.1 Å². The van der Waals surface area contributed by atoms with E-state index in [1.807, 2.05) is 18.2 Å². The second-order valence-corrected chi connectivity index (χ2v) is 6.43. The highest BCUT2D eigenvalue weighted by atomic mass is 19.4. The highest BCUT2D eigenvalue weighted by molar-refractivity contribution is 5.79. The number of rotatable bonds is 5. The quantitative estimate of drug-likeness (QED) is 0.851. The Morgan fingerprint density at radius 3 is 2.54 bits per heavy atom. The second-order valence-electron chi connectivity index (χ2n) is 6.43. The molecule has 0 unspecified atom stereocenters. The molecule has 0 aromatic heterocycles. The van der Waals surface area contributed by atoms with E-state index in [0.29, 0.717) is 24.4 Å². The van der Waals surface area contributed by atoms with Crippen molar-refractivity contribution in [1.82, 2.24) is 10.2 Å². The number of carbonyl (C=O) groups is 2. The number of benzene rings is 2. The molecule has 3 rings (SSSR count). The predicted octanol–water partition coefficient (Wildman–Crippen LogP) is 2.79. The highest BCUT2D eigenvalue weighted by Crippen LogP contribution is 2.29. The standard InChI is InChI=1S/C20H19F3N2O3/c21-20(22,23)16-7-5-14(6-8-16)11-18(26)24-9-10-25-12-15-3-1-2-4-17(15)28-13-19(25)27/h1-8H,9-13H2,(H,24,26). The maximum atomic E-state index is 12.6. The predicted molar refractivity (Wildman–Crippen MR) is 95.5 cm³/mol. The number of nitrogens with zero attached hydrogens (tertiary/aromatic N) is 1. The third-order valence-corrected chi connectivity index (χ3v) is 4.39. The molecule has 0 aliphatic carbocycles. The van der Waals surface area contributed by atoms with Crippen LogP contribution in [0.2, 0.25) is 0 Å². The summed E-state index contributed by atoms with van der Waals surface area (Å²) in [6.07, 6.45) is -4.43. The lowest BCUT2D eigenvalue weighted by atomic mass is 10.1. The summed E-state index contributed by atoms with van der Waals surface area (Å²) in [5.74, 6) is 0.177. The number of ether oxygens (including phenoxy) is 1. The summed E-state index contributed by atoms with van der Waals surface area (Å²) < 4.78 is 43.1. The van der Waals surface area contributed by atoms with Crippen molar-refractivity contribution in [2.24, 2.45) is 0 Å². The lowest BCUT2D eigenvalue weighted by Crippen LogP contribution is -2.39. The Kier molecular flexibility index (Phi) is 5.87. The molecular formula is C20H19F3N2O3. The Hall–Kier alpha value is -3.03. The average molecular weight is 392 g/mol. The zero-order chi connectivity index (χ0) is 20.1. The van der Waals surface area contributed by atoms with Gasteiger partial charge in [0.2, 0.25) is 5.91 Å². The van der Waals surface area contributed by atoms with Crippen LogP contribution >= 0.6 is 0 Å². The first-order valence-electron chi connectivity index (χ1n) is 8.74. The number of carbonyl (C=O) groups excluding carboxylic acids is 2. The van der Waals surface area contributed by atoms with Gasteiger partial charge in [0, 0.05) is 25.2 Å². The molecule has 0 atom stereocenters. The zero-order valence-corrected chi connectivity index (χ0v) is 15.0. The normalized spacial score (nSPS) is 14.1. The molecule has 1 heterocycles. The number of alkyl halides is 3. The molecule has 0 spiro atoms. The molecule has 0 fully saturated rings. The van der Waals surface area contributed by atoms with E-state index in [4.69, 9.17) is 4.74 Å². The number of nitrogens with one attached hydrogen (secondary N) is 1. The summed E-state index contributed by atoms with van der Waals surface area (Å²) in [5, 5.41) is 2.69. The van der Waals surface area contributed by atoms with E-state index in [-0.39, 0.29) is 31.4 Å². The molecule has 2 amide bonds. The van der Waals surface area contributed by atoms with Crippen molar-refractivity contribution in [3.63, 3.8) is 0 Å². The number of halogens is 3. The van der Waals surface area contributed by atoms with Gasteiger partial charge in [-0.2, -0.15) is 13.2 Å². The molecule has 1 aliphatic heterocycles. The minimum Gasteiger partial charge on any atom is -0.483 e. The minimum atomic E-state index is -4.40. The molecule has 0 radical (unpaired) electrons. The van der Waals surface area contributed by atoms with Gasteiger partial charge < -0.3 is 15.0 Å². The van der Waals surface area contributed by atoms with Gasteiger partial charge in [-0.1, -0.05) is 30.3 Å². The molecule has 28 heavy (non-hydrogen) atoms. The largest absolute Gasteiger partial charge is 0.483 e. The van der Waals surface area contributed by atoms with Crippen molar-refractivity contribution >= 4 is 11.8 Å². The molecule has 5 nitrogen and oxygen atoms in total. The SMILES string of the molecule is O=C(Cc1ccc(C(F)(F)F)cc1)NCCN1Cc2ccccc2OCC1=O. The highest BCUT2D eigenvalue weighted by Gasteiger charge is 2.30. The summed E-state index contributed by atoms with van der Waals surface area (Å²) in [4.78, 5) is 25.8. The Bertz CT molecular complexity index is 851. The van der Waals surface area contributed by atoms with Crippen LogP contribution in [0, 0.1) is 0 Å². The minimum absolute atomic E-state index is 0.0297. The van der Waals surface area contributed by atoms with Gasteiger partial charge in [0.15, 0.2) is 6.61 Å². The number of fused-ring (bicyclic) bond motifs is 1. The van der Waals surface area contributed by atoms with Crippen molar-refractivity contribution in [2.45, 2.75) is 19.1 Å². The van der Waals surface area contributed by atoms with Gasteiger partial charge >= 0.3 is 6.18 Å². The molecule has 1 N–H and O–H groups in total. The van der Waals surface area contributed by atoms with E-state index in [9.17, 15) is 22.8 Å². The van der Waals surface area contributed by atoms with Crippen molar-refractivity contribution < 1.29 is 27.5 Å². The number of amides is 2. The van der Waals surface area contributed by atoms with Crippen LogP contribution in [0.1, 0.15) is 16.7 Å². The summed E-state index contributed by atoms with van der Waals surface area (Å²) in [7, 11) is 0. The van der Waals surface area contributed by atoms with Gasteiger partial charge in [0.1, 0.15) is 5.75 Å². The van der Waals surface area contributed by atoms with E-state index in [0.717, 1.165) is 17.7 Å². The topological polar surface area (TPSA) is 58.6 Å². The molecule has 0 saturated carbocycles. The summed E-state index contributed by atoms with van der Waals surface area (Å²) >= 11 is 0. The maximum absolute atomic E-state index is 12.6. The van der Waals surface area contributed by atoms with Crippen molar-refractivity contribution in [3.8, 4) is 5.75 Å². The van der Waals surface area contributed by atoms with Crippen molar-refractivity contribution in [3.05, 3.63) is 65.2 Å². The van der Waals surface area contributed by atoms with E-state index in [2.05, 4.69) is 5.32 Å². The first-order valence-corrected chi connectivity index (χ1v) is 8.74. The van der Waals surface area contributed by atoms with Crippen LogP contribution in [0.5, 0.6) is 5.75 Å². The van der Waals surface area contributed by atoms with Gasteiger partial charge in [0.25, 0.3) is 5.91 Å². The molecule has 1 aliphatic rings. The zero-order valence-electron chi connectivity index (χ0n) is 15.0. The Labute approximate surface area is 160 Å². The van der Waals surface area contributed by atoms with Crippen molar-refractivity contribution in [1.29, 1.82) is 0 Å². The van der Waals surface area contributed by atoms with E-state index >= 15 is 0 Å². The van der Waals surface area contributed by atoms with Crippen molar-refractivity contribution in [2.75, 3.05) is 19.7 Å². The van der Waals surface area contributed by atoms with Gasteiger partial charge in [-0.25, -0.2) is 0 Å². The monoisotopic (exact) mass is 392 g/mol. The average Bonchev–Trinajstić information content (AvgIpc) is 2.81. The molecule has 0 saturated heterocycles. The van der Waals surface area contributed by atoms with Crippen LogP contribution in [0.25, 0.3) is 0 Å². The smallest absolute Gasteiger partial charge is 0.416 e. The molecule has 148 valence electrons. The fourth-order valence-corrected chi connectivity index (χ4v) is 2.89. The van der Waals surface area contributed by atoms with Crippen LogP contribution in [0.15, 0.2) is 48.5 Å². The maximum Gasteiger partial charge on any atom is 0.416 e. The van der Waals surface area contributed by atoms with Gasteiger partial charge in [0.05, 0.1) is 12.0 Å². The van der Waals surface area contributed by atoms with Gasteiger partial charge in [-0.3, -0.25) is 9.59 Å². The van der Waals surface area contributed by atoms with E-state index in [1.165, 1.54) is 12.1 Å². The lowest BCUT2D eigenvalue weighted by molar-refractivity contribution is -0.137. The van der Waals surface area contributed by atoms with Crippen LogP contribution in [0.4, 0.5) is 13.2 Å². The molecule has 2 aromatic carbocycles. The summed E-state index contributed by atoms with van der Waals surface area (Å²) in [5.41, 5.74) is 0.627. The van der Waals surface area contributed by atoms with Gasteiger partial charge in [-0.05, 0) is 23.8 Å². The van der Waals surface area contributed by atoms with E-state index in [1.54, 1.807) is 11.0 Å². The van der Waals surface area contributed by atoms with Crippen LogP contribution in [-0.4, -0.2) is 36.4 Å². The summed E-state index contributed by atoms with van der Waals surface area (Å²) in [6, 6.07) is 11.9. The fraction of sp³-hybridized carbons (Fsp3) is 0.300. The van der Waals surface area contributed by atoms with Gasteiger partial charge in [-0.15, -0.1) is 0 Å². The number of para-hydroxylation sites is 1. The Balaban J connectivity index is 1.49. The third-order valence-electron chi connectivity index (χ3n) is 4.39. The molecular weight excluding hydrogens is 373 g/mol. The number of hydrogen-bond donors (Lipinski definition) is 1. The first-order chi connectivity index (χ1) is 13.3. The molecule has 0 bridgehead atoms. The molecule has 2 aromatic rings. The first kappa shape index (κ1) is 19.7. The van der Waals surface area contributed by atoms with E-state index < -0.39 is 11.7 Å². The number of hydrogen-bond acceptors (Lipinski definition) is 3. The third kappa shape index (κ3) is 5.03. The van der Waals surface area contributed by atoms with Crippen LogP contribution in [-0.2, 0) is 28.7 Å². The Morgan fingerprint density at radius 1 is 1.11 bits per heavy atom. The van der Waals surface area contributed by atoms with Crippen LogP contribution in [0.3, 0.4) is 0 Å². The summed E-state index contributed by atoms with van der Waals surface area (Å²) in [6.45, 7) is 0.892.